The largest absolute Gasteiger partial charge is 0.366 e. The molecule has 0 bridgehead atoms. The molecule has 0 aliphatic heterocycles. The Morgan fingerprint density at radius 2 is 1.94 bits per heavy atom. The zero-order valence-electron chi connectivity index (χ0n) is 18.2. The predicted molar refractivity (Wildman–Crippen MR) is 130 cm³/mol. The number of benzene rings is 2. The summed E-state index contributed by atoms with van der Waals surface area (Å²) in [6.07, 6.45) is 2.25. The minimum Gasteiger partial charge on any atom is -0.366 e. The van der Waals surface area contributed by atoms with Crippen molar-refractivity contribution in [2.24, 2.45) is 0 Å². The molecule has 3 nitrogen and oxygen atoms in total. The summed E-state index contributed by atoms with van der Waals surface area (Å²) in [5.74, 6) is -1.35. The van der Waals surface area contributed by atoms with Crippen molar-refractivity contribution >= 4 is 33.0 Å². The molecule has 1 atom stereocenters. The van der Waals surface area contributed by atoms with Gasteiger partial charge in [-0.15, -0.1) is 11.3 Å². The minimum absolute atomic E-state index is 0.101. The third-order valence-electron chi connectivity index (χ3n) is 5.32. The van der Waals surface area contributed by atoms with E-state index in [1.165, 1.54) is 6.07 Å². The van der Waals surface area contributed by atoms with Gasteiger partial charge in [-0.1, -0.05) is 42.8 Å². The van der Waals surface area contributed by atoms with Crippen LogP contribution < -0.4 is 0 Å². The number of pyridine rings is 1. The zero-order chi connectivity index (χ0) is 22.9. The molecule has 0 spiro atoms. The van der Waals surface area contributed by atoms with E-state index in [0.29, 0.717) is 23.6 Å². The summed E-state index contributed by atoms with van der Waals surface area (Å²) < 4.78 is 20.9. The van der Waals surface area contributed by atoms with E-state index in [4.69, 9.17) is 16.3 Å². The molecule has 32 heavy (non-hydrogen) atoms. The van der Waals surface area contributed by atoms with Crippen molar-refractivity contribution in [3.63, 3.8) is 0 Å². The van der Waals surface area contributed by atoms with Crippen molar-refractivity contribution < 1.29 is 14.2 Å². The first kappa shape index (κ1) is 22.9. The summed E-state index contributed by atoms with van der Waals surface area (Å²) in [4.78, 5) is 5.65. The van der Waals surface area contributed by atoms with Gasteiger partial charge in [0.05, 0.1) is 12.3 Å². The van der Waals surface area contributed by atoms with Gasteiger partial charge in [0.15, 0.2) is 5.79 Å². The Labute approximate surface area is 196 Å². The first-order valence-electron chi connectivity index (χ1n) is 10.5. The van der Waals surface area contributed by atoms with Crippen LogP contribution in [0.5, 0.6) is 0 Å². The van der Waals surface area contributed by atoms with Gasteiger partial charge in [-0.3, -0.25) is 4.98 Å². The van der Waals surface area contributed by atoms with Crippen LogP contribution in [0.2, 0.25) is 5.02 Å². The Bertz CT molecular complexity index is 1230. The summed E-state index contributed by atoms with van der Waals surface area (Å²) in [6.45, 7) is 5.72. The molecule has 0 amide bonds. The fraction of sp³-hybridized carbons (Fsp3) is 0.269. The third-order valence-corrected chi connectivity index (χ3v) is 6.86. The molecule has 0 aliphatic carbocycles. The van der Waals surface area contributed by atoms with E-state index in [1.807, 2.05) is 12.1 Å². The Hall–Kier alpha value is -2.31. The van der Waals surface area contributed by atoms with Gasteiger partial charge >= 0.3 is 0 Å². The van der Waals surface area contributed by atoms with Gasteiger partial charge in [-0.2, -0.15) is 0 Å². The molecule has 1 unspecified atom stereocenters. The van der Waals surface area contributed by atoms with E-state index in [2.05, 4.69) is 36.2 Å². The summed E-state index contributed by atoms with van der Waals surface area (Å²) in [7, 11) is 0. The maximum atomic E-state index is 14.3. The number of rotatable bonds is 7. The normalized spacial score (nSPS) is 12.9. The fourth-order valence-electron chi connectivity index (χ4n) is 3.61. The molecule has 6 heteroatoms. The Morgan fingerprint density at radius 1 is 1.16 bits per heavy atom. The predicted octanol–water partition coefficient (Wildman–Crippen LogP) is 7.20. The second-order valence-corrected chi connectivity index (χ2v) is 9.99. The second kappa shape index (κ2) is 9.28. The number of ether oxygens (including phenoxy) is 1. The lowest BCUT2D eigenvalue weighted by Gasteiger charge is -2.21. The molecule has 0 saturated heterocycles. The first-order valence-corrected chi connectivity index (χ1v) is 11.7. The van der Waals surface area contributed by atoms with E-state index < -0.39 is 5.79 Å². The highest BCUT2D eigenvalue weighted by atomic mass is 35.5. The molecule has 166 valence electrons. The Balaban J connectivity index is 1.65. The smallest absolute Gasteiger partial charge is 0.159 e. The molecular weight excluding hydrogens is 445 g/mol. The highest BCUT2D eigenvalue weighted by Gasteiger charge is 2.17. The van der Waals surface area contributed by atoms with Crippen LogP contribution in [-0.4, -0.2) is 22.5 Å². The summed E-state index contributed by atoms with van der Waals surface area (Å²) in [5.41, 5.74) is 3.52. The molecule has 0 aliphatic rings. The van der Waals surface area contributed by atoms with Crippen LogP contribution in [0.15, 0.2) is 60.8 Å². The number of halogens is 2. The molecule has 0 fully saturated rings. The van der Waals surface area contributed by atoms with Gasteiger partial charge in [0.2, 0.25) is 0 Å². The first-order chi connectivity index (χ1) is 15.2. The number of fused-ring (bicyclic) bond motifs is 1. The highest BCUT2D eigenvalue weighted by molar-refractivity contribution is 7.19. The Morgan fingerprint density at radius 3 is 2.69 bits per heavy atom. The SMILES string of the molecule is CC(COC(C)(C)O)c1ccnc(-c2cccc3cc(Cc4c(F)cccc4Cl)sc23)c1. The summed E-state index contributed by atoms with van der Waals surface area (Å²) in [5, 5.41) is 11.4. The maximum Gasteiger partial charge on any atom is 0.159 e. The zero-order valence-corrected chi connectivity index (χ0v) is 19.8. The van der Waals surface area contributed by atoms with E-state index in [1.54, 1.807) is 43.5 Å². The van der Waals surface area contributed by atoms with E-state index >= 15 is 0 Å². The van der Waals surface area contributed by atoms with Gasteiger partial charge in [0, 0.05) is 44.3 Å². The molecule has 1 N–H and O–H groups in total. The number of hydrogen-bond acceptors (Lipinski definition) is 4. The highest BCUT2D eigenvalue weighted by Crippen LogP contribution is 2.36. The summed E-state index contributed by atoms with van der Waals surface area (Å²) >= 11 is 7.87. The van der Waals surface area contributed by atoms with E-state index in [9.17, 15) is 9.50 Å². The van der Waals surface area contributed by atoms with Crippen LogP contribution in [0.25, 0.3) is 21.3 Å². The van der Waals surface area contributed by atoms with Crippen molar-refractivity contribution in [1.29, 1.82) is 0 Å². The molecule has 4 aromatic rings. The maximum absolute atomic E-state index is 14.3. The lowest BCUT2D eigenvalue weighted by molar-refractivity contribution is -0.178. The molecule has 0 saturated carbocycles. The van der Waals surface area contributed by atoms with Crippen LogP contribution in [0.3, 0.4) is 0 Å². The van der Waals surface area contributed by atoms with Gasteiger partial charge in [0.1, 0.15) is 5.82 Å². The van der Waals surface area contributed by atoms with Crippen LogP contribution in [-0.2, 0) is 11.2 Å². The third kappa shape index (κ3) is 5.18. The molecule has 4 rings (SSSR count). The van der Waals surface area contributed by atoms with Gasteiger partial charge in [0.25, 0.3) is 0 Å². The molecule has 2 heterocycles. The van der Waals surface area contributed by atoms with E-state index in [0.717, 1.165) is 31.8 Å². The van der Waals surface area contributed by atoms with Crippen LogP contribution in [0, 0.1) is 5.82 Å². The molecular formula is C26H25ClFNO2S. The van der Waals surface area contributed by atoms with Crippen LogP contribution in [0.4, 0.5) is 4.39 Å². The fourth-order valence-corrected chi connectivity index (χ4v) is 5.03. The lowest BCUT2D eigenvalue weighted by Crippen LogP contribution is -2.25. The number of aromatic nitrogens is 1. The van der Waals surface area contributed by atoms with E-state index in [-0.39, 0.29) is 11.7 Å². The average Bonchev–Trinajstić information content (AvgIpc) is 3.17. The number of aliphatic hydroxyl groups is 1. The van der Waals surface area contributed by atoms with Gasteiger partial charge < -0.3 is 9.84 Å². The van der Waals surface area contributed by atoms with Crippen LogP contribution in [0.1, 0.15) is 42.7 Å². The standard InChI is InChI=1S/C26H25ClFNO2S/c1-16(15-31-26(2,3)30)17-10-11-29-24(13-17)20-7-4-6-18-12-19(32-25(18)20)14-21-22(27)8-5-9-23(21)28/h4-13,16,30H,14-15H2,1-3H3. The average molecular weight is 470 g/mol. The van der Waals surface area contributed by atoms with Crippen molar-refractivity contribution in [2.45, 2.75) is 38.9 Å². The minimum atomic E-state index is -1.16. The van der Waals surface area contributed by atoms with Crippen molar-refractivity contribution in [2.75, 3.05) is 6.61 Å². The van der Waals surface area contributed by atoms with Gasteiger partial charge in [-0.25, -0.2) is 4.39 Å². The number of hydrogen-bond donors (Lipinski definition) is 1. The second-order valence-electron chi connectivity index (χ2n) is 8.45. The summed E-state index contributed by atoms with van der Waals surface area (Å²) in [6, 6.07) is 17.1. The van der Waals surface area contributed by atoms with Crippen LogP contribution >= 0.6 is 22.9 Å². The molecule has 2 aromatic heterocycles. The van der Waals surface area contributed by atoms with Crippen molar-refractivity contribution in [1.82, 2.24) is 4.98 Å². The lowest BCUT2D eigenvalue weighted by atomic mass is 10.00. The Kier molecular flexibility index (Phi) is 6.63. The number of nitrogens with zero attached hydrogens (tertiary/aromatic N) is 1. The topological polar surface area (TPSA) is 42.4 Å². The van der Waals surface area contributed by atoms with Gasteiger partial charge in [-0.05, 0) is 55.1 Å². The quantitative estimate of drug-likeness (QED) is 0.291. The molecule has 0 radical (unpaired) electrons. The van der Waals surface area contributed by atoms with Crippen molar-refractivity contribution in [3.8, 4) is 11.3 Å². The number of thiophene rings is 1. The van der Waals surface area contributed by atoms with Crippen molar-refractivity contribution in [3.05, 3.63) is 87.6 Å². The monoisotopic (exact) mass is 469 g/mol. The molecule has 2 aromatic carbocycles.